The van der Waals surface area contributed by atoms with E-state index in [2.05, 4.69) is 28.1 Å². The number of benzene rings is 3. The van der Waals surface area contributed by atoms with Crippen LogP contribution < -0.4 is 25.5 Å². The Labute approximate surface area is 222 Å². The van der Waals surface area contributed by atoms with Crippen molar-refractivity contribution in [2.75, 3.05) is 23.8 Å². The molecule has 3 aromatic rings. The minimum atomic E-state index is -0.903. The van der Waals surface area contributed by atoms with Crippen molar-refractivity contribution in [3.63, 3.8) is 0 Å². The molecular formula is C29H32N4O5. The minimum absolute atomic E-state index is 0.139. The zero-order chi connectivity index (χ0) is 27.3. The first-order valence-electron chi connectivity index (χ1n) is 12.3. The van der Waals surface area contributed by atoms with Crippen LogP contribution in [0.5, 0.6) is 11.5 Å². The number of nitrogens with zero attached hydrogens (tertiary/aromatic N) is 1. The lowest BCUT2D eigenvalue weighted by Crippen LogP contribution is -2.32. The molecule has 0 aliphatic heterocycles. The molecule has 3 N–H and O–H groups in total. The van der Waals surface area contributed by atoms with Crippen LogP contribution in [-0.2, 0) is 14.4 Å². The lowest BCUT2D eigenvalue weighted by molar-refractivity contribution is -0.136. The molecule has 38 heavy (non-hydrogen) atoms. The predicted octanol–water partition coefficient (Wildman–Crippen LogP) is 4.59. The van der Waals surface area contributed by atoms with Crippen LogP contribution in [-0.4, -0.2) is 37.1 Å². The quantitative estimate of drug-likeness (QED) is 0.149. The molecule has 0 aliphatic rings. The van der Waals surface area contributed by atoms with Gasteiger partial charge in [-0.1, -0.05) is 19.4 Å². The summed E-state index contributed by atoms with van der Waals surface area (Å²) >= 11 is 0. The third kappa shape index (κ3) is 9.09. The van der Waals surface area contributed by atoms with Crippen LogP contribution in [0.15, 0.2) is 71.8 Å². The van der Waals surface area contributed by atoms with Crippen LogP contribution >= 0.6 is 0 Å². The Hall–Kier alpha value is -4.66. The van der Waals surface area contributed by atoms with Crippen LogP contribution in [0, 0.1) is 13.8 Å². The molecule has 0 fully saturated rings. The smallest absolute Gasteiger partial charge is 0.329 e. The van der Waals surface area contributed by atoms with Gasteiger partial charge in [-0.2, -0.15) is 5.10 Å². The Morgan fingerprint density at radius 2 is 1.45 bits per heavy atom. The summed E-state index contributed by atoms with van der Waals surface area (Å²) in [4.78, 5) is 36.3. The summed E-state index contributed by atoms with van der Waals surface area (Å²) in [5, 5.41) is 9.12. The minimum Gasteiger partial charge on any atom is -0.494 e. The third-order valence-corrected chi connectivity index (χ3v) is 5.51. The van der Waals surface area contributed by atoms with Gasteiger partial charge in [-0.05, 0) is 97.6 Å². The van der Waals surface area contributed by atoms with Gasteiger partial charge in [0.2, 0.25) is 0 Å². The van der Waals surface area contributed by atoms with Gasteiger partial charge in [0.05, 0.1) is 12.8 Å². The van der Waals surface area contributed by atoms with Crippen molar-refractivity contribution >= 4 is 35.3 Å². The number of hydrogen-bond acceptors (Lipinski definition) is 6. The summed E-state index contributed by atoms with van der Waals surface area (Å²) in [5.74, 6) is -0.815. The van der Waals surface area contributed by atoms with Crippen LogP contribution in [0.2, 0.25) is 0 Å². The summed E-state index contributed by atoms with van der Waals surface area (Å²) < 4.78 is 11.1. The lowest BCUT2D eigenvalue weighted by Gasteiger charge is -2.09. The van der Waals surface area contributed by atoms with Crippen LogP contribution in [0.25, 0.3) is 0 Å². The zero-order valence-electron chi connectivity index (χ0n) is 21.7. The van der Waals surface area contributed by atoms with E-state index in [9.17, 15) is 14.4 Å². The molecule has 0 heterocycles. The number of ether oxygens (including phenoxy) is 2. The van der Waals surface area contributed by atoms with Gasteiger partial charge in [-0.15, -0.1) is 0 Å². The van der Waals surface area contributed by atoms with Crippen LogP contribution in [0.1, 0.15) is 36.5 Å². The molecule has 9 nitrogen and oxygen atoms in total. The summed E-state index contributed by atoms with van der Waals surface area (Å²) in [5.41, 5.74) is 6.29. The Bertz CT molecular complexity index is 1270. The van der Waals surface area contributed by atoms with E-state index in [1.54, 1.807) is 48.5 Å². The summed E-state index contributed by atoms with van der Waals surface area (Å²) in [6, 6.07) is 19.2. The van der Waals surface area contributed by atoms with Gasteiger partial charge in [0, 0.05) is 11.4 Å². The fourth-order valence-electron chi connectivity index (χ4n) is 3.19. The van der Waals surface area contributed by atoms with Crippen LogP contribution in [0.3, 0.4) is 0 Å². The Morgan fingerprint density at radius 3 is 2.13 bits per heavy atom. The van der Waals surface area contributed by atoms with Crippen molar-refractivity contribution in [2.45, 2.75) is 33.6 Å². The topological polar surface area (TPSA) is 118 Å². The lowest BCUT2D eigenvalue weighted by atomic mass is 10.1. The molecule has 3 aromatic carbocycles. The molecule has 198 valence electrons. The molecular weight excluding hydrogens is 484 g/mol. The number of unbranched alkanes of at least 4 members (excludes halogenated alkanes) is 1. The number of rotatable bonds is 11. The first kappa shape index (κ1) is 27.9. The highest BCUT2D eigenvalue weighted by molar-refractivity contribution is 6.39. The SMILES string of the molecule is CCCCOc1ccc(NC(=O)C(=O)N/N=C\c2ccc(OCC(=O)Nc3ccc(C)c(C)c3)cc2)cc1. The van der Waals surface area contributed by atoms with Gasteiger partial charge in [0.15, 0.2) is 6.61 Å². The average Bonchev–Trinajstić information content (AvgIpc) is 2.91. The average molecular weight is 517 g/mol. The fraction of sp³-hybridized carbons (Fsp3) is 0.241. The standard InChI is InChI=1S/C29H32N4O5/c1-4-5-16-37-25-14-10-23(11-15-25)32-28(35)29(36)33-30-18-22-7-12-26(13-8-22)38-19-27(34)31-24-9-6-20(2)21(3)17-24/h6-15,17-18H,4-5,16,19H2,1-3H3,(H,31,34)(H,32,35)(H,33,36)/b30-18-. The first-order valence-corrected chi connectivity index (χ1v) is 12.3. The molecule has 0 aliphatic carbocycles. The molecule has 0 saturated carbocycles. The van der Waals surface area contributed by atoms with Gasteiger partial charge in [0.25, 0.3) is 5.91 Å². The monoisotopic (exact) mass is 516 g/mol. The van der Waals surface area contributed by atoms with Gasteiger partial charge < -0.3 is 20.1 Å². The van der Waals surface area contributed by atoms with E-state index in [-0.39, 0.29) is 12.5 Å². The highest BCUT2D eigenvalue weighted by atomic mass is 16.5. The van der Waals surface area contributed by atoms with E-state index in [0.29, 0.717) is 35.0 Å². The Balaban J connectivity index is 1.40. The second-order valence-corrected chi connectivity index (χ2v) is 8.58. The maximum atomic E-state index is 12.2. The second-order valence-electron chi connectivity index (χ2n) is 8.58. The maximum absolute atomic E-state index is 12.2. The number of anilines is 2. The summed E-state index contributed by atoms with van der Waals surface area (Å²) in [6.07, 6.45) is 3.40. The molecule has 9 heteroatoms. The largest absolute Gasteiger partial charge is 0.494 e. The highest BCUT2D eigenvalue weighted by Crippen LogP contribution is 2.17. The number of aryl methyl sites for hydroxylation is 2. The molecule has 3 rings (SSSR count). The van der Waals surface area contributed by atoms with E-state index < -0.39 is 11.8 Å². The van der Waals surface area contributed by atoms with E-state index in [0.717, 1.165) is 24.0 Å². The number of amides is 3. The van der Waals surface area contributed by atoms with E-state index in [1.165, 1.54) is 6.21 Å². The molecule has 0 spiro atoms. The highest BCUT2D eigenvalue weighted by Gasteiger charge is 2.13. The normalized spacial score (nSPS) is 10.6. The van der Waals surface area contributed by atoms with Crippen molar-refractivity contribution < 1.29 is 23.9 Å². The molecule has 0 radical (unpaired) electrons. The molecule has 3 amide bonds. The van der Waals surface area contributed by atoms with Gasteiger partial charge in [-0.25, -0.2) is 5.43 Å². The molecule has 0 atom stereocenters. The maximum Gasteiger partial charge on any atom is 0.329 e. The fourth-order valence-corrected chi connectivity index (χ4v) is 3.19. The van der Waals surface area contributed by atoms with E-state index in [1.807, 2.05) is 32.0 Å². The number of hydrogen-bond donors (Lipinski definition) is 3. The number of nitrogens with one attached hydrogen (secondary N) is 3. The van der Waals surface area contributed by atoms with Crippen molar-refractivity contribution in [3.8, 4) is 11.5 Å². The van der Waals surface area contributed by atoms with Gasteiger partial charge in [-0.3, -0.25) is 14.4 Å². The summed E-state index contributed by atoms with van der Waals surface area (Å²) in [7, 11) is 0. The van der Waals surface area contributed by atoms with Crippen LogP contribution in [0.4, 0.5) is 11.4 Å². The molecule has 0 unspecified atom stereocenters. The van der Waals surface area contributed by atoms with Crippen molar-refractivity contribution in [1.29, 1.82) is 0 Å². The molecule has 0 saturated heterocycles. The summed E-state index contributed by atoms with van der Waals surface area (Å²) in [6.45, 7) is 6.57. The van der Waals surface area contributed by atoms with Crippen molar-refractivity contribution in [3.05, 3.63) is 83.4 Å². The second kappa shape index (κ2) is 14.2. The van der Waals surface area contributed by atoms with Gasteiger partial charge >= 0.3 is 11.8 Å². The number of carbonyl (C=O) groups is 3. The van der Waals surface area contributed by atoms with E-state index >= 15 is 0 Å². The van der Waals surface area contributed by atoms with Crippen molar-refractivity contribution in [2.24, 2.45) is 5.10 Å². The first-order chi connectivity index (χ1) is 18.3. The van der Waals surface area contributed by atoms with E-state index in [4.69, 9.17) is 9.47 Å². The molecule has 0 aromatic heterocycles. The number of hydrazone groups is 1. The Morgan fingerprint density at radius 1 is 0.789 bits per heavy atom. The zero-order valence-corrected chi connectivity index (χ0v) is 21.7. The van der Waals surface area contributed by atoms with Gasteiger partial charge in [0.1, 0.15) is 11.5 Å². The Kier molecular flexibility index (Phi) is 10.4. The van der Waals surface area contributed by atoms with Crippen molar-refractivity contribution in [1.82, 2.24) is 5.43 Å². The third-order valence-electron chi connectivity index (χ3n) is 5.51. The number of carbonyl (C=O) groups excluding carboxylic acids is 3. The molecule has 0 bridgehead atoms. The predicted molar refractivity (Wildman–Crippen MR) is 148 cm³/mol.